The first-order valence-corrected chi connectivity index (χ1v) is 7.09. The molecule has 126 valence electrons. The second kappa shape index (κ2) is 9.76. The molecular formula is C16H28IN3O2. The molecule has 0 unspecified atom stereocenters. The van der Waals surface area contributed by atoms with E-state index in [0.717, 1.165) is 30.4 Å². The van der Waals surface area contributed by atoms with Crippen molar-refractivity contribution in [2.24, 2.45) is 4.99 Å². The van der Waals surface area contributed by atoms with Gasteiger partial charge in [0, 0.05) is 19.1 Å². The Bertz CT molecular complexity index is 485. The van der Waals surface area contributed by atoms with Gasteiger partial charge in [-0.1, -0.05) is 6.07 Å². The fourth-order valence-electron chi connectivity index (χ4n) is 1.90. The van der Waals surface area contributed by atoms with Crippen molar-refractivity contribution in [3.05, 3.63) is 23.8 Å². The summed E-state index contributed by atoms with van der Waals surface area (Å²) in [5.41, 5.74) is 1.18. The molecule has 0 aliphatic heterocycles. The zero-order chi connectivity index (χ0) is 15.9. The van der Waals surface area contributed by atoms with E-state index in [1.54, 1.807) is 21.3 Å². The van der Waals surface area contributed by atoms with Crippen LogP contribution in [0.4, 0.5) is 0 Å². The standard InChI is InChI=1S/C16H27N3O2.HI/c1-16(2,3)19-15(17-4)18-10-9-12-7-8-13(20-5)14(11-12)21-6;/h7-8,11H,9-10H2,1-6H3,(H2,17,18,19);1H. The first-order valence-electron chi connectivity index (χ1n) is 7.09. The van der Waals surface area contributed by atoms with Gasteiger partial charge in [-0.05, 0) is 44.9 Å². The largest absolute Gasteiger partial charge is 0.493 e. The summed E-state index contributed by atoms with van der Waals surface area (Å²) in [5, 5.41) is 6.63. The maximum Gasteiger partial charge on any atom is 0.191 e. The number of halogens is 1. The van der Waals surface area contributed by atoms with E-state index < -0.39 is 0 Å². The Morgan fingerprint density at radius 2 is 1.77 bits per heavy atom. The van der Waals surface area contributed by atoms with Gasteiger partial charge >= 0.3 is 0 Å². The zero-order valence-electron chi connectivity index (χ0n) is 14.3. The maximum atomic E-state index is 5.31. The second-order valence-electron chi connectivity index (χ2n) is 5.81. The molecule has 0 spiro atoms. The molecule has 0 fully saturated rings. The molecule has 22 heavy (non-hydrogen) atoms. The number of methoxy groups -OCH3 is 2. The minimum atomic E-state index is -0.00875. The zero-order valence-corrected chi connectivity index (χ0v) is 16.6. The third-order valence-electron chi connectivity index (χ3n) is 2.87. The van der Waals surface area contributed by atoms with Gasteiger partial charge in [-0.15, -0.1) is 24.0 Å². The van der Waals surface area contributed by atoms with E-state index >= 15 is 0 Å². The van der Waals surface area contributed by atoms with Gasteiger partial charge in [-0.2, -0.15) is 0 Å². The van der Waals surface area contributed by atoms with Gasteiger partial charge in [0.15, 0.2) is 17.5 Å². The molecule has 1 rings (SSSR count). The van der Waals surface area contributed by atoms with Crippen LogP contribution >= 0.6 is 24.0 Å². The molecule has 1 aromatic carbocycles. The van der Waals surface area contributed by atoms with E-state index in [1.807, 2.05) is 18.2 Å². The number of ether oxygens (including phenoxy) is 2. The smallest absolute Gasteiger partial charge is 0.191 e. The topological polar surface area (TPSA) is 54.9 Å². The van der Waals surface area contributed by atoms with Crippen LogP contribution < -0.4 is 20.1 Å². The number of nitrogens with zero attached hydrogens (tertiary/aromatic N) is 1. The molecule has 1 aromatic rings. The van der Waals surface area contributed by atoms with Crippen LogP contribution in [0.25, 0.3) is 0 Å². The molecule has 0 bridgehead atoms. The summed E-state index contributed by atoms with van der Waals surface area (Å²) in [6, 6.07) is 5.97. The molecule has 0 amide bonds. The molecule has 0 aliphatic carbocycles. The molecule has 6 heteroatoms. The average molecular weight is 421 g/mol. The van der Waals surface area contributed by atoms with E-state index in [1.165, 1.54) is 5.56 Å². The van der Waals surface area contributed by atoms with Crippen LogP contribution in [0.1, 0.15) is 26.3 Å². The molecule has 2 N–H and O–H groups in total. The highest BCUT2D eigenvalue weighted by Crippen LogP contribution is 2.27. The van der Waals surface area contributed by atoms with Crippen LogP contribution in [0.2, 0.25) is 0 Å². The summed E-state index contributed by atoms with van der Waals surface area (Å²) in [6.07, 6.45) is 0.880. The van der Waals surface area contributed by atoms with Gasteiger partial charge in [-0.3, -0.25) is 4.99 Å². The van der Waals surface area contributed by atoms with E-state index in [-0.39, 0.29) is 29.5 Å². The predicted octanol–water partition coefficient (Wildman–Crippen LogP) is 2.83. The monoisotopic (exact) mass is 421 g/mol. The second-order valence-corrected chi connectivity index (χ2v) is 5.81. The molecule has 0 heterocycles. The lowest BCUT2D eigenvalue weighted by molar-refractivity contribution is 0.354. The highest BCUT2D eigenvalue weighted by molar-refractivity contribution is 14.0. The first-order chi connectivity index (χ1) is 9.89. The van der Waals surface area contributed by atoms with Gasteiger partial charge in [-0.25, -0.2) is 0 Å². The van der Waals surface area contributed by atoms with Gasteiger partial charge in [0.1, 0.15) is 0 Å². The fraction of sp³-hybridized carbons (Fsp3) is 0.562. The van der Waals surface area contributed by atoms with Crippen LogP contribution in [0.15, 0.2) is 23.2 Å². The van der Waals surface area contributed by atoms with Crippen molar-refractivity contribution < 1.29 is 9.47 Å². The van der Waals surface area contributed by atoms with E-state index in [2.05, 4.69) is 36.4 Å². The third kappa shape index (κ3) is 7.20. The Hall–Kier alpha value is -1.18. The SMILES string of the molecule is CN=C(NCCc1ccc(OC)c(OC)c1)NC(C)(C)C.I. The van der Waals surface area contributed by atoms with Crippen molar-refractivity contribution in [1.82, 2.24) is 10.6 Å². The summed E-state index contributed by atoms with van der Waals surface area (Å²) >= 11 is 0. The minimum Gasteiger partial charge on any atom is -0.493 e. The molecular weight excluding hydrogens is 393 g/mol. The molecule has 0 saturated heterocycles. The molecule has 0 saturated carbocycles. The molecule has 0 aromatic heterocycles. The minimum absolute atomic E-state index is 0. The Morgan fingerprint density at radius 3 is 2.27 bits per heavy atom. The number of benzene rings is 1. The number of hydrogen-bond donors (Lipinski definition) is 2. The number of nitrogens with one attached hydrogen (secondary N) is 2. The van der Waals surface area contributed by atoms with Gasteiger partial charge in [0.05, 0.1) is 14.2 Å². The van der Waals surface area contributed by atoms with Crippen molar-refractivity contribution in [1.29, 1.82) is 0 Å². The summed E-state index contributed by atoms with van der Waals surface area (Å²) in [7, 11) is 5.06. The molecule has 5 nitrogen and oxygen atoms in total. The molecule has 0 radical (unpaired) electrons. The van der Waals surface area contributed by atoms with Gasteiger partial charge < -0.3 is 20.1 Å². The maximum absolute atomic E-state index is 5.31. The predicted molar refractivity (Wildman–Crippen MR) is 103 cm³/mol. The van der Waals surface area contributed by atoms with Crippen LogP contribution in [-0.4, -0.2) is 39.3 Å². The van der Waals surface area contributed by atoms with Crippen LogP contribution in [-0.2, 0) is 6.42 Å². The number of rotatable bonds is 5. The quantitative estimate of drug-likeness (QED) is 0.436. The first kappa shape index (κ1) is 20.8. The number of aliphatic imine (C=N–C) groups is 1. The van der Waals surface area contributed by atoms with Crippen molar-refractivity contribution in [3.63, 3.8) is 0 Å². The summed E-state index contributed by atoms with van der Waals surface area (Å²) in [4.78, 5) is 4.22. The van der Waals surface area contributed by atoms with Crippen molar-refractivity contribution in [2.75, 3.05) is 27.8 Å². The lowest BCUT2D eigenvalue weighted by Gasteiger charge is -2.23. The number of hydrogen-bond acceptors (Lipinski definition) is 3. The van der Waals surface area contributed by atoms with Gasteiger partial charge in [0.25, 0.3) is 0 Å². The Balaban J connectivity index is 0.00000441. The van der Waals surface area contributed by atoms with Crippen LogP contribution in [0, 0.1) is 0 Å². The normalized spacial score (nSPS) is 11.5. The van der Waals surface area contributed by atoms with Crippen LogP contribution in [0.5, 0.6) is 11.5 Å². The van der Waals surface area contributed by atoms with Crippen LogP contribution in [0.3, 0.4) is 0 Å². The van der Waals surface area contributed by atoms with Gasteiger partial charge in [0.2, 0.25) is 0 Å². The van der Waals surface area contributed by atoms with Crippen molar-refractivity contribution in [2.45, 2.75) is 32.7 Å². The Morgan fingerprint density at radius 1 is 1.14 bits per heavy atom. The summed E-state index contributed by atoms with van der Waals surface area (Å²) in [6.45, 7) is 7.11. The average Bonchev–Trinajstić information content (AvgIpc) is 2.44. The van der Waals surface area contributed by atoms with Crippen molar-refractivity contribution >= 4 is 29.9 Å². The van der Waals surface area contributed by atoms with E-state index in [0.29, 0.717) is 0 Å². The third-order valence-corrected chi connectivity index (χ3v) is 2.87. The molecule has 0 aliphatic rings. The highest BCUT2D eigenvalue weighted by atomic mass is 127. The Labute approximate surface area is 150 Å². The molecule has 0 atom stereocenters. The summed E-state index contributed by atoms with van der Waals surface area (Å²) in [5.74, 6) is 2.31. The van der Waals surface area contributed by atoms with Crippen molar-refractivity contribution in [3.8, 4) is 11.5 Å². The Kier molecular flexibility index (Phi) is 9.24. The highest BCUT2D eigenvalue weighted by Gasteiger charge is 2.11. The lowest BCUT2D eigenvalue weighted by Crippen LogP contribution is -2.48. The fourth-order valence-corrected chi connectivity index (χ4v) is 1.90. The van der Waals surface area contributed by atoms with E-state index in [4.69, 9.17) is 9.47 Å². The number of guanidine groups is 1. The lowest BCUT2D eigenvalue weighted by atomic mass is 10.1. The van der Waals surface area contributed by atoms with E-state index in [9.17, 15) is 0 Å². The summed E-state index contributed by atoms with van der Waals surface area (Å²) < 4.78 is 10.5.